The van der Waals surface area contributed by atoms with Gasteiger partial charge in [-0.05, 0) is 63.6 Å². The van der Waals surface area contributed by atoms with Gasteiger partial charge >= 0.3 is 16.3 Å². The summed E-state index contributed by atoms with van der Waals surface area (Å²) in [7, 11) is -4.64. The maximum Gasteiger partial charge on any atom is 0.410 e. The van der Waals surface area contributed by atoms with E-state index in [9.17, 15) is 17.1 Å². The molecule has 0 bridgehead atoms. The Bertz CT molecular complexity index is 672. The molecule has 1 amide bonds. The van der Waals surface area contributed by atoms with Crippen molar-refractivity contribution in [2.24, 2.45) is 5.92 Å². The minimum atomic E-state index is -4.64. The molecule has 134 valence electrons. The van der Waals surface area contributed by atoms with Gasteiger partial charge in [-0.2, -0.15) is 8.42 Å². The molecular weight excluding hydrogens is 333 g/mol. The van der Waals surface area contributed by atoms with Crippen molar-refractivity contribution in [2.45, 2.75) is 50.5 Å². The van der Waals surface area contributed by atoms with Crippen molar-refractivity contribution >= 4 is 16.3 Å². The summed E-state index contributed by atoms with van der Waals surface area (Å²) in [6, 6.07) is 5.88. The third-order valence-electron chi connectivity index (χ3n) is 4.00. The molecule has 1 saturated heterocycles. The van der Waals surface area contributed by atoms with Crippen LogP contribution in [0.5, 0.6) is 0 Å². The van der Waals surface area contributed by atoms with Crippen LogP contribution in [0, 0.1) is 5.92 Å². The Balaban J connectivity index is 1.86. The SMILES string of the molecule is CC(C)(C)OC(=O)N1CCC(Cc2ccc(S(=O)(=O)F)cc2)CC1. The summed E-state index contributed by atoms with van der Waals surface area (Å²) in [5, 5.41) is 0. The van der Waals surface area contributed by atoms with Gasteiger partial charge in [-0.3, -0.25) is 0 Å². The monoisotopic (exact) mass is 357 g/mol. The number of carbonyl (C=O) groups is 1. The van der Waals surface area contributed by atoms with E-state index in [1.54, 1.807) is 17.0 Å². The first-order chi connectivity index (χ1) is 11.0. The minimum absolute atomic E-state index is 0.279. The highest BCUT2D eigenvalue weighted by Crippen LogP contribution is 2.24. The fraction of sp³-hybridized carbons (Fsp3) is 0.588. The van der Waals surface area contributed by atoms with Crippen LogP contribution in [0.1, 0.15) is 39.2 Å². The third kappa shape index (κ3) is 5.47. The summed E-state index contributed by atoms with van der Waals surface area (Å²) in [5.74, 6) is 0.413. The van der Waals surface area contributed by atoms with E-state index in [2.05, 4.69) is 0 Å². The number of halogens is 1. The van der Waals surface area contributed by atoms with Crippen LogP contribution < -0.4 is 0 Å². The quantitative estimate of drug-likeness (QED) is 0.776. The number of rotatable bonds is 3. The second-order valence-corrected chi connectivity index (χ2v) is 8.54. The van der Waals surface area contributed by atoms with Crippen LogP contribution in [0.25, 0.3) is 0 Å². The smallest absolute Gasteiger partial charge is 0.410 e. The van der Waals surface area contributed by atoms with Crippen molar-refractivity contribution in [2.75, 3.05) is 13.1 Å². The first kappa shape index (κ1) is 18.7. The van der Waals surface area contributed by atoms with Crippen molar-refractivity contribution < 1.29 is 21.8 Å². The normalized spacial score (nSPS) is 16.9. The molecule has 1 aromatic carbocycles. The average molecular weight is 357 g/mol. The van der Waals surface area contributed by atoms with E-state index in [1.165, 1.54) is 12.1 Å². The van der Waals surface area contributed by atoms with Gasteiger partial charge in [0.25, 0.3) is 0 Å². The van der Waals surface area contributed by atoms with E-state index >= 15 is 0 Å². The van der Waals surface area contributed by atoms with Gasteiger partial charge < -0.3 is 9.64 Å². The molecule has 1 fully saturated rings. The zero-order chi connectivity index (χ0) is 18.0. The molecule has 0 radical (unpaired) electrons. The molecule has 0 aromatic heterocycles. The Kier molecular flexibility index (Phi) is 5.52. The number of ether oxygens (including phenoxy) is 1. The number of hydrogen-bond acceptors (Lipinski definition) is 4. The molecular formula is C17H24FNO4S. The molecule has 0 saturated carbocycles. The molecule has 0 N–H and O–H groups in total. The second-order valence-electron chi connectivity index (χ2n) is 7.20. The maximum atomic E-state index is 12.9. The number of carbonyl (C=O) groups excluding carboxylic acids is 1. The predicted molar refractivity (Wildman–Crippen MR) is 89.0 cm³/mol. The van der Waals surface area contributed by atoms with Gasteiger partial charge in [0.1, 0.15) is 5.60 Å². The molecule has 2 rings (SSSR count). The summed E-state index contributed by atoms with van der Waals surface area (Å²) < 4.78 is 39.9. The lowest BCUT2D eigenvalue weighted by Crippen LogP contribution is -2.42. The van der Waals surface area contributed by atoms with E-state index in [-0.39, 0.29) is 11.0 Å². The lowest BCUT2D eigenvalue weighted by Gasteiger charge is -2.33. The second kappa shape index (κ2) is 7.09. The van der Waals surface area contributed by atoms with Gasteiger partial charge in [-0.25, -0.2) is 4.79 Å². The first-order valence-corrected chi connectivity index (χ1v) is 9.44. The Morgan fingerprint density at radius 1 is 1.21 bits per heavy atom. The first-order valence-electron chi connectivity index (χ1n) is 8.06. The van der Waals surface area contributed by atoms with Crippen molar-refractivity contribution in [1.82, 2.24) is 4.90 Å². The lowest BCUT2D eigenvalue weighted by atomic mass is 9.90. The fourth-order valence-electron chi connectivity index (χ4n) is 2.77. The Hall–Kier alpha value is -1.63. The summed E-state index contributed by atoms with van der Waals surface area (Å²) in [6.45, 7) is 6.84. The van der Waals surface area contributed by atoms with Gasteiger partial charge in [0, 0.05) is 13.1 Å². The van der Waals surface area contributed by atoms with E-state index in [1.807, 2.05) is 20.8 Å². The van der Waals surface area contributed by atoms with Gasteiger partial charge in [0.2, 0.25) is 0 Å². The van der Waals surface area contributed by atoms with Crippen LogP contribution in [0.3, 0.4) is 0 Å². The van der Waals surface area contributed by atoms with Gasteiger partial charge in [-0.15, -0.1) is 3.89 Å². The number of benzene rings is 1. The van der Waals surface area contributed by atoms with E-state index in [0.29, 0.717) is 19.0 Å². The molecule has 1 aromatic rings. The Labute approximate surface area is 143 Å². The highest BCUT2D eigenvalue weighted by molar-refractivity contribution is 7.86. The number of hydrogen-bond donors (Lipinski definition) is 0. The number of nitrogens with zero attached hydrogens (tertiary/aromatic N) is 1. The van der Waals surface area contributed by atoms with Crippen LogP contribution in [-0.4, -0.2) is 38.1 Å². The average Bonchev–Trinajstić information content (AvgIpc) is 2.46. The number of piperidine rings is 1. The standard InChI is InChI=1S/C17H24FNO4S/c1-17(2,3)23-16(20)19-10-8-14(9-11-19)12-13-4-6-15(7-5-13)24(18,21)22/h4-7,14H,8-12H2,1-3H3. The molecule has 1 aliphatic rings. The molecule has 1 heterocycles. The summed E-state index contributed by atoms with van der Waals surface area (Å²) in [5.41, 5.74) is 0.477. The highest BCUT2D eigenvalue weighted by Gasteiger charge is 2.26. The van der Waals surface area contributed by atoms with Gasteiger partial charge in [-0.1, -0.05) is 12.1 Å². The van der Waals surface area contributed by atoms with Gasteiger partial charge in [0.15, 0.2) is 0 Å². The molecule has 24 heavy (non-hydrogen) atoms. The molecule has 7 heteroatoms. The van der Waals surface area contributed by atoms with Gasteiger partial charge in [0.05, 0.1) is 4.90 Å². The zero-order valence-electron chi connectivity index (χ0n) is 14.3. The Morgan fingerprint density at radius 3 is 2.21 bits per heavy atom. The summed E-state index contributed by atoms with van der Waals surface area (Å²) in [4.78, 5) is 13.4. The summed E-state index contributed by atoms with van der Waals surface area (Å²) in [6.07, 6.45) is 2.23. The highest BCUT2D eigenvalue weighted by atomic mass is 32.3. The van der Waals surface area contributed by atoms with Crippen LogP contribution >= 0.6 is 0 Å². The minimum Gasteiger partial charge on any atom is -0.444 e. The van der Waals surface area contributed by atoms with Crippen LogP contribution in [0.2, 0.25) is 0 Å². The van der Waals surface area contributed by atoms with Crippen LogP contribution in [0.15, 0.2) is 29.2 Å². The summed E-state index contributed by atoms with van der Waals surface area (Å²) >= 11 is 0. The predicted octanol–water partition coefficient (Wildman–Crippen LogP) is 3.53. The third-order valence-corrected chi connectivity index (χ3v) is 4.83. The zero-order valence-corrected chi connectivity index (χ0v) is 15.1. The van der Waals surface area contributed by atoms with E-state index < -0.39 is 15.8 Å². The maximum absolute atomic E-state index is 12.9. The molecule has 5 nitrogen and oxygen atoms in total. The van der Waals surface area contributed by atoms with E-state index in [4.69, 9.17) is 4.74 Å². The van der Waals surface area contributed by atoms with Crippen molar-refractivity contribution in [3.63, 3.8) is 0 Å². The van der Waals surface area contributed by atoms with Crippen molar-refractivity contribution in [1.29, 1.82) is 0 Å². The van der Waals surface area contributed by atoms with Crippen molar-refractivity contribution in [3.05, 3.63) is 29.8 Å². The fourth-order valence-corrected chi connectivity index (χ4v) is 3.23. The molecule has 0 aliphatic carbocycles. The molecule has 1 aliphatic heterocycles. The molecule has 0 unspecified atom stereocenters. The Morgan fingerprint density at radius 2 is 1.75 bits per heavy atom. The number of likely N-dealkylation sites (tertiary alicyclic amines) is 1. The van der Waals surface area contributed by atoms with Crippen LogP contribution in [0.4, 0.5) is 8.68 Å². The molecule has 0 spiro atoms. The topological polar surface area (TPSA) is 63.7 Å². The van der Waals surface area contributed by atoms with Crippen LogP contribution in [-0.2, 0) is 21.4 Å². The molecule has 0 atom stereocenters. The van der Waals surface area contributed by atoms with Crippen molar-refractivity contribution in [3.8, 4) is 0 Å². The number of amides is 1. The van der Waals surface area contributed by atoms with E-state index in [0.717, 1.165) is 24.8 Å². The lowest BCUT2D eigenvalue weighted by molar-refractivity contribution is 0.0184. The largest absolute Gasteiger partial charge is 0.444 e.